The van der Waals surface area contributed by atoms with Gasteiger partial charge >= 0.3 is 6.18 Å². The van der Waals surface area contributed by atoms with Crippen molar-refractivity contribution in [3.63, 3.8) is 0 Å². The molecule has 1 aromatic carbocycles. The highest BCUT2D eigenvalue weighted by Gasteiger charge is 2.39. The van der Waals surface area contributed by atoms with Crippen LogP contribution in [0.3, 0.4) is 0 Å². The van der Waals surface area contributed by atoms with E-state index in [-0.39, 0.29) is 5.69 Å². The highest BCUT2D eigenvalue weighted by Crippen LogP contribution is 2.35. The number of hydrogen-bond donors (Lipinski definition) is 1. The maximum Gasteiger partial charge on any atom is 0.436 e. The Labute approximate surface area is 181 Å². The molecule has 0 atom stereocenters. The summed E-state index contributed by atoms with van der Waals surface area (Å²) in [5, 5.41) is 10.5. The van der Waals surface area contributed by atoms with E-state index in [2.05, 4.69) is 47.4 Å². The van der Waals surface area contributed by atoms with Crippen LogP contribution in [0.2, 0.25) is 0 Å². The van der Waals surface area contributed by atoms with Crippen molar-refractivity contribution in [2.75, 3.05) is 5.32 Å². The van der Waals surface area contributed by atoms with Gasteiger partial charge in [-0.25, -0.2) is 0 Å². The Morgan fingerprint density at radius 3 is 2.41 bits per heavy atom. The Hall–Kier alpha value is -2.14. The number of benzene rings is 1. The number of nitrogens with zero attached hydrogens (tertiary/aromatic N) is 4. The lowest BCUT2D eigenvalue weighted by Gasteiger charge is -2.09. The molecular weight excluding hydrogens is 519 g/mol. The number of aromatic nitrogens is 4. The lowest BCUT2D eigenvalue weighted by Crippen LogP contribution is -2.17. The fraction of sp³-hybridized carbons (Fsp3) is 0.278. The number of halogens is 5. The van der Waals surface area contributed by atoms with E-state index in [1.165, 1.54) is 7.05 Å². The van der Waals surface area contributed by atoms with Gasteiger partial charge in [0.1, 0.15) is 5.69 Å². The molecule has 1 amide bonds. The van der Waals surface area contributed by atoms with Crippen LogP contribution in [-0.4, -0.2) is 25.5 Å². The van der Waals surface area contributed by atoms with Gasteiger partial charge in [0.15, 0.2) is 5.69 Å². The van der Waals surface area contributed by atoms with Crippen molar-refractivity contribution in [3.8, 4) is 0 Å². The summed E-state index contributed by atoms with van der Waals surface area (Å²) in [6.45, 7) is 4.31. The molecule has 0 radical (unpaired) electrons. The molecule has 0 unspecified atom stereocenters. The van der Waals surface area contributed by atoms with Crippen molar-refractivity contribution >= 4 is 43.5 Å². The van der Waals surface area contributed by atoms with Gasteiger partial charge in [0.25, 0.3) is 5.91 Å². The molecule has 0 bridgehead atoms. The van der Waals surface area contributed by atoms with Crippen LogP contribution in [0.25, 0.3) is 0 Å². The molecular formula is C18H16Br2F3N5O. The van der Waals surface area contributed by atoms with Crippen molar-refractivity contribution < 1.29 is 18.0 Å². The van der Waals surface area contributed by atoms with Crippen molar-refractivity contribution in [3.05, 3.63) is 61.6 Å². The molecule has 29 heavy (non-hydrogen) atoms. The monoisotopic (exact) mass is 533 g/mol. The van der Waals surface area contributed by atoms with E-state index in [0.29, 0.717) is 12.2 Å². The van der Waals surface area contributed by atoms with Crippen LogP contribution in [0.4, 0.5) is 18.9 Å². The summed E-state index contributed by atoms with van der Waals surface area (Å²) in [6, 6.07) is 7.04. The molecule has 6 nitrogen and oxygen atoms in total. The first kappa shape index (κ1) is 21.6. The summed E-state index contributed by atoms with van der Waals surface area (Å²) < 4.78 is 42.3. The maximum absolute atomic E-state index is 13.0. The van der Waals surface area contributed by atoms with Gasteiger partial charge in [0.05, 0.1) is 26.9 Å². The van der Waals surface area contributed by atoms with Crippen molar-refractivity contribution in [2.24, 2.45) is 7.05 Å². The Morgan fingerprint density at radius 2 is 1.86 bits per heavy atom. The smallest absolute Gasteiger partial charge is 0.321 e. The molecule has 2 heterocycles. The fourth-order valence-electron chi connectivity index (χ4n) is 2.87. The average Bonchev–Trinajstić information content (AvgIpc) is 3.06. The molecule has 0 aliphatic heterocycles. The van der Waals surface area contributed by atoms with Crippen LogP contribution < -0.4 is 5.32 Å². The predicted octanol–water partition coefficient (Wildman–Crippen LogP) is 5.08. The molecule has 0 aliphatic carbocycles. The Balaban J connectivity index is 1.83. The van der Waals surface area contributed by atoms with E-state index in [4.69, 9.17) is 0 Å². The second kappa shape index (κ2) is 7.94. The summed E-state index contributed by atoms with van der Waals surface area (Å²) in [4.78, 5) is 12.6. The summed E-state index contributed by atoms with van der Waals surface area (Å²) >= 11 is 6.33. The third-order valence-corrected chi connectivity index (χ3v) is 6.18. The van der Waals surface area contributed by atoms with Crippen molar-refractivity contribution in [1.29, 1.82) is 0 Å². The highest BCUT2D eigenvalue weighted by molar-refractivity contribution is 9.10. The number of amides is 1. The zero-order chi connectivity index (χ0) is 21.5. The van der Waals surface area contributed by atoms with Crippen molar-refractivity contribution in [1.82, 2.24) is 19.6 Å². The number of hydrogen-bond acceptors (Lipinski definition) is 3. The van der Waals surface area contributed by atoms with Gasteiger partial charge in [-0.05, 0) is 63.4 Å². The first-order chi connectivity index (χ1) is 13.5. The minimum atomic E-state index is -4.66. The van der Waals surface area contributed by atoms with Crippen LogP contribution in [0.5, 0.6) is 0 Å². The minimum Gasteiger partial charge on any atom is -0.321 e. The van der Waals surface area contributed by atoms with Gasteiger partial charge in [0.2, 0.25) is 0 Å². The largest absolute Gasteiger partial charge is 0.436 e. The molecule has 154 valence electrons. The van der Waals surface area contributed by atoms with Gasteiger partial charge in [-0.15, -0.1) is 0 Å². The molecule has 0 saturated carbocycles. The number of carbonyl (C=O) groups excluding carboxylic acids is 1. The molecule has 0 fully saturated rings. The summed E-state index contributed by atoms with van der Waals surface area (Å²) in [6.07, 6.45) is -4.66. The van der Waals surface area contributed by atoms with Crippen LogP contribution in [-0.2, 0) is 19.8 Å². The number of anilines is 1. The van der Waals surface area contributed by atoms with Gasteiger partial charge in [-0.1, -0.05) is 12.1 Å². The van der Waals surface area contributed by atoms with Crippen molar-refractivity contribution in [2.45, 2.75) is 26.6 Å². The topological polar surface area (TPSA) is 64.7 Å². The third-order valence-electron chi connectivity index (χ3n) is 4.28. The minimum absolute atomic E-state index is 0.217. The SMILES string of the molecule is Cc1nn(Cc2cccc(NC(=O)c3c(Br)c(C(F)(F)F)nn3C)c2)c(C)c1Br. The Morgan fingerprint density at radius 1 is 1.17 bits per heavy atom. The van der Waals surface area contributed by atoms with Gasteiger partial charge < -0.3 is 5.32 Å². The van der Waals surface area contributed by atoms with E-state index in [1.54, 1.807) is 18.2 Å². The summed E-state index contributed by atoms with van der Waals surface area (Å²) in [7, 11) is 1.28. The maximum atomic E-state index is 13.0. The zero-order valence-corrected chi connectivity index (χ0v) is 18.8. The molecule has 0 saturated heterocycles. The van der Waals surface area contributed by atoms with Crippen LogP contribution in [0, 0.1) is 13.8 Å². The Kier molecular flexibility index (Phi) is 5.91. The third kappa shape index (κ3) is 4.40. The molecule has 3 aromatic rings. The molecule has 1 N–H and O–H groups in total. The van der Waals surface area contributed by atoms with Crippen LogP contribution >= 0.6 is 31.9 Å². The number of rotatable bonds is 4. The molecule has 11 heteroatoms. The molecule has 3 rings (SSSR count). The average molecular weight is 535 g/mol. The van der Waals surface area contributed by atoms with E-state index >= 15 is 0 Å². The van der Waals surface area contributed by atoms with Gasteiger partial charge in [0, 0.05) is 12.7 Å². The second-order valence-corrected chi connectivity index (χ2v) is 8.02. The summed E-state index contributed by atoms with van der Waals surface area (Å²) in [5.41, 5.74) is 1.80. The second-order valence-electron chi connectivity index (χ2n) is 6.43. The summed E-state index contributed by atoms with van der Waals surface area (Å²) in [5.74, 6) is -0.701. The Bertz CT molecular complexity index is 1090. The lowest BCUT2D eigenvalue weighted by atomic mass is 10.2. The standard InChI is InChI=1S/C18H16Br2F3N5O/c1-9-13(19)10(2)28(25-9)8-11-5-4-6-12(7-11)24-17(29)15-14(20)16(18(21,22)23)26-27(15)3/h4-7H,8H2,1-3H3,(H,24,29). The number of alkyl halides is 3. The number of aryl methyl sites for hydroxylation is 2. The fourth-order valence-corrected chi connectivity index (χ4v) is 3.89. The van der Waals surface area contributed by atoms with Gasteiger partial charge in [-0.2, -0.15) is 23.4 Å². The van der Waals surface area contributed by atoms with Gasteiger partial charge in [-0.3, -0.25) is 14.2 Å². The highest BCUT2D eigenvalue weighted by atomic mass is 79.9. The van der Waals surface area contributed by atoms with E-state index < -0.39 is 22.3 Å². The number of nitrogens with one attached hydrogen (secondary N) is 1. The normalized spacial score (nSPS) is 11.7. The zero-order valence-electron chi connectivity index (χ0n) is 15.6. The lowest BCUT2D eigenvalue weighted by molar-refractivity contribution is -0.142. The number of carbonyl (C=O) groups is 1. The molecule has 0 aliphatic rings. The first-order valence-corrected chi connectivity index (χ1v) is 9.97. The molecule has 0 spiro atoms. The predicted molar refractivity (Wildman–Crippen MR) is 109 cm³/mol. The quantitative estimate of drug-likeness (QED) is 0.508. The first-order valence-electron chi connectivity index (χ1n) is 8.38. The van der Waals surface area contributed by atoms with Crippen LogP contribution in [0.15, 0.2) is 33.2 Å². The molecule has 2 aromatic heterocycles. The van der Waals surface area contributed by atoms with E-state index in [0.717, 1.165) is 26.1 Å². The van der Waals surface area contributed by atoms with Crippen LogP contribution in [0.1, 0.15) is 33.1 Å². The van der Waals surface area contributed by atoms with E-state index in [9.17, 15) is 18.0 Å². The van der Waals surface area contributed by atoms with E-state index in [1.807, 2.05) is 24.6 Å².